The Labute approximate surface area is 96.9 Å². The van der Waals surface area contributed by atoms with Gasteiger partial charge in [0.2, 0.25) is 0 Å². The summed E-state index contributed by atoms with van der Waals surface area (Å²) >= 11 is 3.50. The molecule has 1 aromatic heterocycles. The van der Waals surface area contributed by atoms with Crippen molar-refractivity contribution in [3.63, 3.8) is 0 Å². The molecule has 0 spiro atoms. The molecule has 3 heteroatoms. The first kappa shape index (κ1) is 10.0. The van der Waals surface area contributed by atoms with Crippen molar-refractivity contribution in [3.05, 3.63) is 52.3 Å². The molecule has 0 unspecified atom stereocenters. The van der Waals surface area contributed by atoms with E-state index in [4.69, 9.17) is 5.26 Å². The maximum Gasteiger partial charge on any atom is 0.124 e. The lowest BCUT2D eigenvalue weighted by Gasteiger charge is -2.07. The largest absolute Gasteiger partial charge is 0.307 e. The van der Waals surface area contributed by atoms with Crippen LogP contribution in [0.4, 0.5) is 0 Å². The summed E-state index contributed by atoms with van der Waals surface area (Å²) in [7, 11) is 0. The van der Waals surface area contributed by atoms with Crippen LogP contribution in [0.3, 0.4) is 0 Å². The Bertz CT molecular complexity index is 535. The highest BCUT2D eigenvalue weighted by atomic mass is 79.9. The maximum atomic E-state index is 8.93. The lowest BCUT2D eigenvalue weighted by molar-refractivity contribution is 1.04. The van der Waals surface area contributed by atoms with Crippen LogP contribution in [0.1, 0.15) is 11.3 Å². The molecule has 15 heavy (non-hydrogen) atoms. The molecule has 2 nitrogen and oxygen atoms in total. The van der Waals surface area contributed by atoms with E-state index in [0.717, 1.165) is 10.2 Å². The number of halogens is 1. The molecule has 0 saturated heterocycles. The molecular weight excluding hydrogens is 252 g/mol. The summed E-state index contributed by atoms with van der Waals surface area (Å²) in [6.45, 7) is 2.04. The van der Waals surface area contributed by atoms with Gasteiger partial charge in [0.15, 0.2) is 0 Å². The van der Waals surface area contributed by atoms with E-state index in [-0.39, 0.29) is 0 Å². The van der Waals surface area contributed by atoms with Gasteiger partial charge in [0.1, 0.15) is 11.8 Å². The molecule has 0 aliphatic carbocycles. The topological polar surface area (TPSA) is 28.7 Å². The van der Waals surface area contributed by atoms with Gasteiger partial charge in [0.25, 0.3) is 0 Å². The molecule has 0 saturated carbocycles. The first-order chi connectivity index (χ1) is 7.22. The molecule has 2 aromatic rings. The van der Waals surface area contributed by atoms with Gasteiger partial charge in [0.05, 0.1) is 5.69 Å². The van der Waals surface area contributed by atoms with E-state index in [1.165, 1.54) is 5.56 Å². The molecule has 0 bridgehead atoms. The smallest absolute Gasteiger partial charge is 0.124 e. The third-order valence-electron chi connectivity index (χ3n) is 2.23. The van der Waals surface area contributed by atoms with Crippen LogP contribution >= 0.6 is 15.9 Å². The van der Waals surface area contributed by atoms with E-state index in [1.54, 1.807) is 6.07 Å². The fourth-order valence-corrected chi connectivity index (χ4v) is 2.17. The molecule has 2 rings (SSSR count). The predicted octanol–water partition coefficient (Wildman–Crippen LogP) is 3.42. The Kier molecular flexibility index (Phi) is 2.61. The zero-order valence-electron chi connectivity index (χ0n) is 8.24. The second-order valence-corrected chi connectivity index (χ2v) is 4.18. The minimum Gasteiger partial charge on any atom is -0.307 e. The van der Waals surface area contributed by atoms with Crippen LogP contribution in [-0.2, 0) is 0 Å². The van der Waals surface area contributed by atoms with Crippen molar-refractivity contribution >= 4 is 15.9 Å². The number of rotatable bonds is 1. The van der Waals surface area contributed by atoms with Crippen molar-refractivity contribution in [2.75, 3.05) is 0 Å². The highest BCUT2D eigenvalue weighted by Gasteiger charge is 2.05. The van der Waals surface area contributed by atoms with Crippen molar-refractivity contribution in [2.45, 2.75) is 6.92 Å². The molecule has 0 aliphatic heterocycles. The van der Waals surface area contributed by atoms with Crippen LogP contribution in [0.2, 0.25) is 0 Å². The average molecular weight is 261 g/mol. The number of benzene rings is 1. The van der Waals surface area contributed by atoms with Crippen molar-refractivity contribution in [1.29, 1.82) is 5.26 Å². The average Bonchev–Trinajstić information content (AvgIpc) is 2.65. The van der Waals surface area contributed by atoms with Gasteiger partial charge in [-0.05, 0) is 52.7 Å². The molecular formula is C12H9BrN2. The molecule has 1 aromatic carbocycles. The van der Waals surface area contributed by atoms with Gasteiger partial charge in [-0.1, -0.05) is 6.07 Å². The summed E-state index contributed by atoms with van der Waals surface area (Å²) in [4.78, 5) is 0. The molecule has 74 valence electrons. The van der Waals surface area contributed by atoms with Gasteiger partial charge in [-0.25, -0.2) is 0 Å². The number of aryl methyl sites for hydroxylation is 1. The highest BCUT2D eigenvalue weighted by molar-refractivity contribution is 9.10. The summed E-state index contributed by atoms with van der Waals surface area (Å²) < 4.78 is 2.86. The van der Waals surface area contributed by atoms with Crippen LogP contribution in [-0.4, -0.2) is 4.57 Å². The maximum absolute atomic E-state index is 8.93. The summed E-state index contributed by atoms with van der Waals surface area (Å²) in [6.07, 6.45) is 1.88. The fraction of sp³-hybridized carbons (Fsp3) is 0.0833. The molecule has 0 N–H and O–H groups in total. The third kappa shape index (κ3) is 1.81. The number of nitrogens with zero attached hydrogens (tertiary/aromatic N) is 2. The van der Waals surface area contributed by atoms with E-state index in [9.17, 15) is 0 Å². The Morgan fingerprint density at radius 2 is 2.13 bits per heavy atom. The Morgan fingerprint density at radius 1 is 1.33 bits per heavy atom. The van der Waals surface area contributed by atoms with Gasteiger partial charge in [0, 0.05) is 10.7 Å². The molecule has 0 amide bonds. The van der Waals surface area contributed by atoms with Crippen LogP contribution in [0.5, 0.6) is 0 Å². The highest BCUT2D eigenvalue weighted by Crippen LogP contribution is 2.23. The normalized spacial score (nSPS) is 9.93. The van der Waals surface area contributed by atoms with Gasteiger partial charge >= 0.3 is 0 Å². The van der Waals surface area contributed by atoms with E-state index in [2.05, 4.69) is 22.0 Å². The monoisotopic (exact) mass is 260 g/mol. The van der Waals surface area contributed by atoms with Crippen molar-refractivity contribution in [2.24, 2.45) is 0 Å². The predicted molar refractivity (Wildman–Crippen MR) is 62.9 cm³/mol. The second kappa shape index (κ2) is 3.92. The second-order valence-electron chi connectivity index (χ2n) is 3.33. The molecule has 0 fully saturated rings. The lowest BCUT2D eigenvalue weighted by Crippen LogP contribution is -1.96. The van der Waals surface area contributed by atoms with E-state index < -0.39 is 0 Å². The minimum absolute atomic E-state index is 0.638. The van der Waals surface area contributed by atoms with Crippen LogP contribution in [0, 0.1) is 18.3 Å². The van der Waals surface area contributed by atoms with Gasteiger partial charge < -0.3 is 4.57 Å². The zero-order valence-corrected chi connectivity index (χ0v) is 9.82. The molecule has 0 radical (unpaired) electrons. The number of nitriles is 1. The van der Waals surface area contributed by atoms with Gasteiger partial charge in [-0.2, -0.15) is 5.26 Å². The summed E-state index contributed by atoms with van der Waals surface area (Å²) in [5.41, 5.74) is 2.82. The van der Waals surface area contributed by atoms with Crippen molar-refractivity contribution < 1.29 is 0 Å². The molecule has 1 heterocycles. The van der Waals surface area contributed by atoms with E-state index in [0.29, 0.717) is 5.69 Å². The number of hydrogen-bond donors (Lipinski definition) is 0. The van der Waals surface area contributed by atoms with Crippen molar-refractivity contribution in [3.8, 4) is 11.8 Å². The van der Waals surface area contributed by atoms with Crippen LogP contribution in [0.25, 0.3) is 5.69 Å². The standard InChI is InChI=1S/C12H9BrN2/c1-9-4-5-12(11(13)7-9)15-6-2-3-10(15)8-14/h2-7H,1H3. The quantitative estimate of drug-likeness (QED) is 0.773. The lowest BCUT2D eigenvalue weighted by atomic mass is 10.2. The van der Waals surface area contributed by atoms with Gasteiger partial charge in [-0.3, -0.25) is 0 Å². The fourth-order valence-electron chi connectivity index (χ4n) is 1.49. The zero-order chi connectivity index (χ0) is 10.8. The molecule has 0 aliphatic rings. The molecule has 0 atom stereocenters. The SMILES string of the molecule is Cc1ccc(-n2cccc2C#N)c(Br)c1. The number of hydrogen-bond acceptors (Lipinski definition) is 1. The first-order valence-electron chi connectivity index (χ1n) is 4.56. The third-order valence-corrected chi connectivity index (χ3v) is 2.86. The Morgan fingerprint density at radius 3 is 2.80 bits per heavy atom. The van der Waals surface area contributed by atoms with Crippen LogP contribution < -0.4 is 0 Å². The summed E-state index contributed by atoms with van der Waals surface area (Å²) in [5, 5.41) is 8.93. The van der Waals surface area contributed by atoms with Crippen molar-refractivity contribution in [1.82, 2.24) is 4.57 Å². The minimum atomic E-state index is 0.638. The first-order valence-corrected chi connectivity index (χ1v) is 5.35. The van der Waals surface area contributed by atoms with E-state index >= 15 is 0 Å². The number of aromatic nitrogens is 1. The van der Waals surface area contributed by atoms with E-state index in [1.807, 2.05) is 42.0 Å². The summed E-state index contributed by atoms with van der Waals surface area (Å²) in [6, 6.07) is 11.9. The Hall–Kier alpha value is -1.53. The Balaban J connectivity index is 2.60. The van der Waals surface area contributed by atoms with Crippen LogP contribution in [0.15, 0.2) is 41.0 Å². The summed E-state index contributed by atoms with van der Waals surface area (Å²) in [5.74, 6) is 0. The van der Waals surface area contributed by atoms with Gasteiger partial charge in [-0.15, -0.1) is 0 Å².